The summed E-state index contributed by atoms with van der Waals surface area (Å²) in [5, 5.41) is 3.06. The monoisotopic (exact) mass is 272 g/mol. The maximum Gasteiger partial charge on any atom is 0.433 e. The number of anilines is 1. The second-order valence-electron chi connectivity index (χ2n) is 5.15. The van der Waals surface area contributed by atoms with Gasteiger partial charge in [0.1, 0.15) is 5.69 Å². The summed E-state index contributed by atoms with van der Waals surface area (Å²) in [6.07, 6.45) is -1.08. The topological polar surface area (TPSA) is 41.1 Å². The SMILES string of the molecule is FC(F)(F)c1ccnc(NC2CN3CCC2CC3)n1. The number of nitrogens with one attached hydrogen (secondary N) is 1. The summed E-state index contributed by atoms with van der Waals surface area (Å²) in [6, 6.07) is 1.05. The quantitative estimate of drug-likeness (QED) is 0.894. The Labute approximate surface area is 109 Å². The Morgan fingerprint density at radius 1 is 1.26 bits per heavy atom. The van der Waals surface area contributed by atoms with Gasteiger partial charge in [0.05, 0.1) is 0 Å². The number of nitrogens with zero attached hydrogens (tertiary/aromatic N) is 3. The average molecular weight is 272 g/mol. The van der Waals surface area contributed by atoms with Crippen LogP contribution < -0.4 is 5.32 Å². The fourth-order valence-electron chi connectivity index (χ4n) is 2.88. The highest BCUT2D eigenvalue weighted by molar-refractivity contribution is 5.28. The van der Waals surface area contributed by atoms with Crippen LogP contribution in [0, 0.1) is 5.92 Å². The second kappa shape index (κ2) is 4.63. The van der Waals surface area contributed by atoms with Crippen LogP contribution in [0.25, 0.3) is 0 Å². The predicted molar refractivity (Wildman–Crippen MR) is 63.6 cm³/mol. The summed E-state index contributed by atoms with van der Waals surface area (Å²) in [7, 11) is 0. The van der Waals surface area contributed by atoms with E-state index < -0.39 is 11.9 Å². The molecule has 0 radical (unpaired) electrons. The van der Waals surface area contributed by atoms with E-state index in [2.05, 4.69) is 20.2 Å². The molecule has 104 valence electrons. The first-order valence-corrected chi connectivity index (χ1v) is 6.41. The predicted octanol–water partition coefficient (Wildman–Crippen LogP) is 2.00. The number of fused-ring (bicyclic) bond motifs is 3. The van der Waals surface area contributed by atoms with Gasteiger partial charge in [-0.3, -0.25) is 0 Å². The molecule has 4 heterocycles. The summed E-state index contributed by atoms with van der Waals surface area (Å²) < 4.78 is 37.7. The third kappa shape index (κ3) is 2.65. The summed E-state index contributed by atoms with van der Waals surface area (Å²) >= 11 is 0. The third-order valence-corrected chi connectivity index (χ3v) is 3.92. The molecule has 1 aromatic heterocycles. The lowest BCUT2D eigenvalue weighted by Gasteiger charge is -2.44. The van der Waals surface area contributed by atoms with Crippen molar-refractivity contribution in [1.82, 2.24) is 14.9 Å². The first-order valence-electron chi connectivity index (χ1n) is 6.41. The molecule has 0 amide bonds. The third-order valence-electron chi connectivity index (χ3n) is 3.92. The lowest BCUT2D eigenvalue weighted by Crippen LogP contribution is -2.53. The number of piperidine rings is 3. The number of alkyl halides is 3. The van der Waals surface area contributed by atoms with Crippen LogP contribution in [0.4, 0.5) is 19.1 Å². The Morgan fingerprint density at radius 3 is 2.58 bits per heavy atom. The van der Waals surface area contributed by atoms with Gasteiger partial charge in [-0.25, -0.2) is 9.97 Å². The van der Waals surface area contributed by atoms with Crippen LogP contribution in [0.1, 0.15) is 18.5 Å². The van der Waals surface area contributed by atoms with Crippen molar-refractivity contribution in [2.24, 2.45) is 5.92 Å². The smallest absolute Gasteiger partial charge is 0.350 e. The van der Waals surface area contributed by atoms with Gasteiger partial charge in [-0.15, -0.1) is 0 Å². The molecule has 0 aliphatic carbocycles. The molecule has 4 rings (SSSR count). The van der Waals surface area contributed by atoms with Gasteiger partial charge in [0.2, 0.25) is 5.95 Å². The van der Waals surface area contributed by atoms with Gasteiger partial charge in [0.25, 0.3) is 0 Å². The van der Waals surface area contributed by atoms with E-state index in [0.29, 0.717) is 5.92 Å². The minimum atomic E-state index is -4.42. The number of hydrogen-bond donors (Lipinski definition) is 1. The molecule has 0 aromatic carbocycles. The highest BCUT2D eigenvalue weighted by Gasteiger charge is 2.36. The van der Waals surface area contributed by atoms with Crippen molar-refractivity contribution in [2.75, 3.05) is 25.0 Å². The van der Waals surface area contributed by atoms with Crippen LogP contribution >= 0.6 is 0 Å². The Bertz CT molecular complexity index is 455. The molecule has 0 saturated carbocycles. The highest BCUT2D eigenvalue weighted by Crippen LogP contribution is 2.30. The number of halogens is 3. The molecule has 3 aliphatic rings. The van der Waals surface area contributed by atoms with Crippen molar-refractivity contribution in [3.8, 4) is 0 Å². The Kier molecular flexibility index (Phi) is 3.08. The molecule has 1 N–H and O–H groups in total. The molecule has 3 aliphatic heterocycles. The zero-order valence-corrected chi connectivity index (χ0v) is 10.3. The van der Waals surface area contributed by atoms with E-state index in [1.54, 1.807) is 0 Å². The largest absolute Gasteiger partial charge is 0.433 e. The number of aromatic nitrogens is 2. The van der Waals surface area contributed by atoms with E-state index in [9.17, 15) is 13.2 Å². The van der Waals surface area contributed by atoms with Crippen LogP contribution in [-0.2, 0) is 6.18 Å². The van der Waals surface area contributed by atoms with Crippen LogP contribution in [0.5, 0.6) is 0 Å². The first kappa shape index (κ1) is 12.7. The highest BCUT2D eigenvalue weighted by atomic mass is 19.4. The van der Waals surface area contributed by atoms with Crippen LogP contribution in [0.15, 0.2) is 12.3 Å². The molecule has 1 unspecified atom stereocenters. The molecule has 19 heavy (non-hydrogen) atoms. The molecule has 1 aromatic rings. The van der Waals surface area contributed by atoms with Gasteiger partial charge in [-0.2, -0.15) is 13.2 Å². The molecule has 2 bridgehead atoms. The van der Waals surface area contributed by atoms with Crippen LogP contribution in [-0.4, -0.2) is 40.5 Å². The van der Waals surface area contributed by atoms with Crippen molar-refractivity contribution in [3.05, 3.63) is 18.0 Å². The fraction of sp³-hybridized carbons (Fsp3) is 0.667. The maximum atomic E-state index is 12.6. The molecule has 3 fully saturated rings. The molecule has 4 nitrogen and oxygen atoms in total. The first-order chi connectivity index (χ1) is 9.02. The van der Waals surface area contributed by atoms with Gasteiger partial charge < -0.3 is 10.2 Å². The number of hydrogen-bond acceptors (Lipinski definition) is 4. The van der Waals surface area contributed by atoms with Gasteiger partial charge in [0.15, 0.2) is 0 Å². The van der Waals surface area contributed by atoms with Crippen molar-refractivity contribution in [2.45, 2.75) is 25.1 Å². The van der Waals surface area contributed by atoms with Crippen molar-refractivity contribution >= 4 is 5.95 Å². The minimum absolute atomic E-state index is 0.0774. The second-order valence-corrected chi connectivity index (χ2v) is 5.15. The summed E-state index contributed by atoms with van der Waals surface area (Å²) in [6.45, 7) is 3.04. The van der Waals surface area contributed by atoms with Gasteiger partial charge in [-0.05, 0) is 37.9 Å². The van der Waals surface area contributed by atoms with Crippen molar-refractivity contribution in [1.29, 1.82) is 0 Å². The van der Waals surface area contributed by atoms with Crippen LogP contribution in [0.3, 0.4) is 0 Å². The zero-order chi connectivity index (χ0) is 13.5. The summed E-state index contributed by atoms with van der Waals surface area (Å²) in [4.78, 5) is 9.77. The molecular formula is C12H15F3N4. The molecular weight excluding hydrogens is 257 g/mol. The van der Waals surface area contributed by atoms with Gasteiger partial charge >= 0.3 is 6.18 Å². The fourth-order valence-corrected chi connectivity index (χ4v) is 2.88. The molecule has 1 atom stereocenters. The minimum Gasteiger partial charge on any atom is -0.350 e. The van der Waals surface area contributed by atoms with Crippen molar-refractivity contribution in [3.63, 3.8) is 0 Å². The normalized spacial score (nSPS) is 30.4. The molecule has 0 spiro atoms. The van der Waals surface area contributed by atoms with Crippen LogP contribution in [0.2, 0.25) is 0 Å². The van der Waals surface area contributed by atoms with E-state index in [4.69, 9.17) is 0 Å². The van der Waals surface area contributed by atoms with E-state index in [1.807, 2.05) is 0 Å². The Morgan fingerprint density at radius 2 is 2.00 bits per heavy atom. The van der Waals surface area contributed by atoms with Gasteiger partial charge in [-0.1, -0.05) is 0 Å². The number of rotatable bonds is 2. The van der Waals surface area contributed by atoms with E-state index in [-0.39, 0.29) is 12.0 Å². The lowest BCUT2D eigenvalue weighted by molar-refractivity contribution is -0.141. The van der Waals surface area contributed by atoms with Gasteiger partial charge in [0, 0.05) is 18.8 Å². The maximum absolute atomic E-state index is 12.6. The summed E-state index contributed by atoms with van der Waals surface area (Å²) in [5.74, 6) is 0.594. The van der Waals surface area contributed by atoms with Crippen molar-refractivity contribution < 1.29 is 13.2 Å². The molecule has 7 heteroatoms. The zero-order valence-electron chi connectivity index (χ0n) is 10.3. The lowest BCUT2D eigenvalue weighted by atomic mass is 9.84. The molecule has 3 saturated heterocycles. The Balaban J connectivity index is 1.73. The summed E-state index contributed by atoms with van der Waals surface area (Å²) in [5.41, 5.74) is -0.897. The Hall–Kier alpha value is -1.37. The van der Waals surface area contributed by atoms with E-state index in [0.717, 1.165) is 44.7 Å². The standard InChI is InChI=1S/C12H15F3N4/c13-12(14,15)10-1-4-16-11(18-10)17-9-7-19-5-2-8(9)3-6-19/h1,4,8-9H,2-3,5-7H2,(H,16,17,18). The average Bonchev–Trinajstić information content (AvgIpc) is 2.39. The van der Waals surface area contributed by atoms with E-state index in [1.165, 1.54) is 0 Å². The van der Waals surface area contributed by atoms with E-state index >= 15 is 0 Å².